The van der Waals surface area contributed by atoms with Crippen LogP contribution in [0.3, 0.4) is 0 Å². The molecule has 0 aliphatic carbocycles. The summed E-state index contributed by atoms with van der Waals surface area (Å²) >= 11 is 0. The van der Waals surface area contributed by atoms with Crippen molar-refractivity contribution in [2.24, 2.45) is 5.92 Å². The molecule has 0 spiro atoms. The molecule has 0 amide bonds. The Morgan fingerprint density at radius 3 is 1.76 bits per heavy atom. The minimum Gasteiger partial charge on any atom is -0.480 e. The number of hydrogen-bond donors (Lipinski definition) is 7. The molecule has 0 aliphatic rings. The summed E-state index contributed by atoms with van der Waals surface area (Å²) < 4.78 is 0. The maximum absolute atomic E-state index is 11.7. The SMILES string of the molecule is C=C(C(=O)O)C(C(=O)O)C(=O)[C@H](O)[C@@H](O)[C@H](O)[C@H](O)CO. The van der Waals surface area contributed by atoms with Gasteiger partial charge in [-0.1, -0.05) is 6.58 Å². The molecule has 0 rings (SSSR count). The van der Waals surface area contributed by atoms with Crippen molar-refractivity contribution in [2.45, 2.75) is 24.4 Å². The van der Waals surface area contributed by atoms with Gasteiger partial charge in [0.15, 0.2) is 5.78 Å². The Kier molecular flexibility index (Phi) is 7.12. The highest BCUT2D eigenvalue weighted by Gasteiger charge is 2.42. The van der Waals surface area contributed by atoms with Gasteiger partial charge < -0.3 is 35.7 Å². The molecule has 0 fully saturated rings. The number of carbonyl (C=O) groups is 3. The molecule has 10 nitrogen and oxygen atoms in total. The third kappa shape index (κ3) is 4.58. The maximum Gasteiger partial charge on any atom is 0.332 e. The molecule has 0 radical (unpaired) electrons. The zero-order valence-corrected chi connectivity index (χ0v) is 10.7. The topological polar surface area (TPSA) is 193 Å². The van der Waals surface area contributed by atoms with Crippen LogP contribution in [0.4, 0.5) is 0 Å². The van der Waals surface area contributed by atoms with Gasteiger partial charge in [0, 0.05) is 0 Å². The first-order valence-electron chi connectivity index (χ1n) is 5.58. The number of ketones is 1. The van der Waals surface area contributed by atoms with Gasteiger partial charge in [-0.05, 0) is 0 Å². The van der Waals surface area contributed by atoms with Gasteiger partial charge in [0.25, 0.3) is 0 Å². The van der Waals surface area contributed by atoms with Gasteiger partial charge in [0.2, 0.25) is 0 Å². The van der Waals surface area contributed by atoms with E-state index in [1.807, 2.05) is 0 Å². The van der Waals surface area contributed by atoms with E-state index in [-0.39, 0.29) is 0 Å². The molecule has 0 aromatic heterocycles. The van der Waals surface area contributed by atoms with Crippen molar-refractivity contribution in [3.8, 4) is 0 Å². The van der Waals surface area contributed by atoms with E-state index in [1.54, 1.807) is 0 Å². The lowest BCUT2D eigenvalue weighted by atomic mass is 9.88. The molecule has 0 saturated carbocycles. The molecule has 0 aliphatic heterocycles. The number of rotatable bonds is 9. The lowest BCUT2D eigenvalue weighted by molar-refractivity contribution is -0.158. The van der Waals surface area contributed by atoms with Crippen molar-refractivity contribution >= 4 is 17.7 Å². The molecule has 10 heteroatoms. The second kappa shape index (κ2) is 7.81. The summed E-state index contributed by atoms with van der Waals surface area (Å²) in [5.41, 5.74) is -1.05. The summed E-state index contributed by atoms with van der Waals surface area (Å²) in [6.45, 7) is 1.89. The Morgan fingerprint density at radius 1 is 0.952 bits per heavy atom. The lowest BCUT2D eigenvalue weighted by Gasteiger charge is -2.26. The summed E-state index contributed by atoms with van der Waals surface area (Å²) in [7, 11) is 0. The Labute approximate surface area is 118 Å². The average molecular weight is 308 g/mol. The molecule has 0 saturated heterocycles. The predicted molar refractivity (Wildman–Crippen MR) is 64.0 cm³/mol. The average Bonchev–Trinajstić information content (AvgIpc) is 2.43. The molecule has 7 N–H and O–H groups in total. The number of aliphatic carboxylic acids is 2. The van der Waals surface area contributed by atoms with Crippen LogP contribution in [0.1, 0.15) is 0 Å². The van der Waals surface area contributed by atoms with E-state index in [2.05, 4.69) is 6.58 Å². The van der Waals surface area contributed by atoms with Crippen molar-refractivity contribution in [1.82, 2.24) is 0 Å². The van der Waals surface area contributed by atoms with E-state index < -0.39 is 60.2 Å². The number of aliphatic hydroxyl groups is 5. The summed E-state index contributed by atoms with van der Waals surface area (Å²) in [6.07, 6.45) is -8.88. The minimum atomic E-state index is -2.50. The van der Waals surface area contributed by atoms with E-state index in [4.69, 9.17) is 20.4 Å². The van der Waals surface area contributed by atoms with Gasteiger partial charge in [0.05, 0.1) is 12.2 Å². The monoisotopic (exact) mass is 308 g/mol. The summed E-state index contributed by atoms with van der Waals surface area (Å²) in [6, 6.07) is 0. The zero-order valence-electron chi connectivity index (χ0n) is 10.7. The van der Waals surface area contributed by atoms with Crippen molar-refractivity contribution in [1.29, 1.82) is 0 Å². The highest BCUT2D eigenvalue weighted by atomic mass is 16.4. The van der Waals surface area contributed by atoms with Crippen LogP contribution in [-0.4, -0.2) is 84.5 Å². The Morgan fingerprint density at radius 2 is 1.43 bits per heavy atom. The van der Waals surface area contributed by atoms with Crippen LogP contribution >= 0.6 is 0 Å². The van der Waals surface area contributed by atoms with E-state index in [0.717, 1.165) is 0 Å². The van der Waals surface area contributed by atoms with Crippen LogP contribution in [0.5, 0.6) is 0 Å². The molecular formula is C11H16O10. The summed E-state index contributed by atoms with van der Waals surface area (Å²) in [5.74, 6) is -7.69. The third-order valence-corrected chi connectivity index (χ3v) is 2.70. The van der Waals surface area contributed by atoms with Crippen LogP contribution in [0.2, 0.25) is 0 Å². The highest BCUT2D eigenvalue weighted by Crippen LogP contribution is 2.17. The lowest BCUT2D eigenvalue weighted by Crippen LogP contribution is -2.51. The first kappa shape index (κ1) is 19.1. The quantitative estimate of drug-likeness (QED) is 0.165. The van der Waals surface area contributed by atoms with Gasteiger partial charge in [-0.2, -0.15) is 0 Å². The number of Topliss-reactive ketones (excluding diaryl/α,β-unsaturated/α-hetero) is 1. The number of aliphatic hydroxyl groups excluding tert-OH is 5. The predicted octanol–water partition coefficient (Wildman–Crippen LogP) is -3.67. The molecule has 1 unspecified atom stereocenters. The standard InChI is InChI=1S/C11H16O10/c1-3(10(18)19)5(11(20)21)7(15)9(17)8(16)6(14)4(13)2-12/h4-6,8-9,12-14,16-17H,1-2H2,(H,18,19)(H,20,21)/t4-,5?,6-,8+,9+/m1/s1. The normalized spacial score (nSPS) is 18.1. The Bertz CT molecular complexity index is 431. The van der Waals surface area contributed by atoms with Crippen LogP contribution in [0, 0.1) is 5.92 Å². The van der Waals surface area contributed by atoms with Gasteiger partial charge in [-0.15, -0.1) is 0 Å². The first-order chi connectivity index (χ1) is 9.56. The molecule has 0 heterocycles. The largest absolute Gasteiger partial charge is 0.480 e. The fraction of sp³-hybridized carbons (Fsp3) is 0.545. The molecule has 21 heavy (non-hydrogen) atoms. The fourth-order valence-electron chi connectivity index (χ4n) is 1.43. The molecule has 0 aromatic carbocycles. The number of carboxylic acid groups (broad SMARTS) is 2. The van der Waals surface area contributed by atoms with Crippen molar-refractivity contribution in [3.63, 3.8) is 0 Å². The van der Waals surface area contributed by atoms with Crippen molar-refractivity contribution in [2.75, 3.05) is 6.61 Å². The smallest absolute Gasteiger partial charge is 0.332 e. The Hall–Kier alpha value is -1.85. The minimum absolute atomic E-state index is 0.997. The fourth-order valence-corrected chi connectivity index (χ4v) is 1.43. The van der Waals surface area contributed by atoms with Gasteiger partial charge in [-0.25, -0.2) is 4.79 Å². The van der Waals surface area contributed by atoms with E-state index in [1.165, 1.54) is 0 Å². The summed E-state index contributed by atoms with van der Waals surface area (Å²) in [5, 5.41) is 63.3. The van der Waals surface area contributed by atoms with Gasteiger partial charge in [0.1, 0.15) is 30.3 Å². The highest BCUT2D eigenvalue weighted by molar-refractivity contribution is 6.09. The van der Waals surface area contributed by atoms with Crippen LogP contribution in [0.15, 0.2) is 12.2 Å². The maximum atomic E-state index is 11.7. The zero-order chi connectivity index (χ0) is 16.9. The molecule has 120 valence electrons. The molecular weight excluding hydrogens is 292 g/mol. The van der Waals surface area contributed by atoms with E-state index >= 15 is 0 Å². The van der Waals surface area contributed by atoms with E-state index in [9.17, 15) is 29.7 Å². The van der Waals surface area contributed by atoms with Crippen molar-refractivity contribution in [3.05, 3.63) is 12.2 Å². The molecule has 0 bridgehead atoms. The third-order valence-electron chi connectivity index (χ3n) is 2.70. The molecule has 0 aromatic rings. The van der Waals surface area contributed by atoms with Crippen molar-refractivity contribution < 1.29 is 50.1 Å². The van der Waals surface area contributed by atoms with Crippen LogP contribution in [0.25, 0.3) is 0 Å². The number of hydrogen-bond acceptors (Lipinski definition) is 8. The summed E-state index contributed by atoms with van der Waals surface area (Å²) in [4.78, 5) is 33.3. The second-order valence-corrected chi connectivity index (χ2v) is 4.18. The van der Waals surface area contributed by atoms with Crippen LogP contribution < -0.4 is 0 Å². The van der Waals surface area contributed by atoms with Gasteiger partial charge >= 0.3 is 11.9 Å². The van der Waals surface area contributed by atoms with E-state index in [0.29, 0.717) is 0 Å². The first-order valence-corrected chi connectivity index (χ1v) is 5.58. The number of carbonyl (C=O) groups excluding carboxylic acids is 1. The van der Waals surface area contributed by atoms with Gasteiger partial charge in [-0.3, -0.25) is 9.59 Å². The molecule has 5 atom stereocenters. The second-order valence-electron chi connectivity index (χ2n) is 4.18. The van der Waals surface area contributed by atoms with Crippen LogP contribution in [-0.2, 0) is 14.4 Å². The number of carboxylic acids is 2. The Balaban J connectivity index is 5.23.